The van der Waals surface area contributed by atoms with Gasteiger partial charge in [0.05, 0.1) is 0 Å². The van der Waals surface area contributed by atoms with Crippen molar-refractivity contribution in [3.63, 3.8) is 0 Å². The van der Waals surface area contributed by atoms with E-state index in [0.717, 1.165) is 0 Å². The molecular weight excluding hydrogens is 817 g/mol. The number of rotatable bonds is 2. The van der Waals surface area contributed by atoms with E-state index in [0.29, 0.717) is 0 Å². The van der Waals surface area contributed by atoms with Crippen LogP contribution in [0.1, 0.15) is 49.9 Å². The van der Waals surface area contributed by atoms with Crippen LogP contribution < -0.4 is 0 Å². The zero-order chi connectivity index (χ0) is 45.5. The molecule has 0 saturated carbocycles. The Balaban J connectivity index is 0.000000181. The Morgan fingerprint density at radius 2 is 0.574 bits per heavy atom. The Hall–Kier alpha value is -8.06. The Morgan fingerprint density at radius 3 is 0.985 bits per heavy atom. The fraction of sp³-hybridized carbons (Fsp3) is 0.0882. The first-order valence-corrected chi connectivity index (χ1v) is 24.2. The largest absolute Gasteiger partial charge is 0.0616 e. The van der Waals surface area contributed by atoms with E-state index < -0.39 is 0 Å². The minimum atomic E-state index is -0.0942. The van der Waals surface area contributed by atoms with Gasteiger partial charge in [0.2, 0.25) is 0 Å². The number of fused-ring (bicyclic) bond motifs is 13. The summed E-state index contributed by atoms with van der Waals surface area (Å²) < 4.78 is 0. The van der Waals surface area contributed by atoms with Crippen LogP contribution in [0.5, 0.6) is 0 Å². The molecule has 0 spiro atoms. The summed E-state index contributed by atoms with van der Waals surface area (Å²) in [6.07, 6.45) is 0. The molecule has 0 amide bonds. The maximum Gasteiger partial charge on any atom is 0.0159 e. The molecule has 320 valence electrons. The van der Waals surface area contributed by atoms with Crippen LogP contribution in [-0.4, -0.2) is 0 Å². The molecule has 0 aromatic heterocycles. The molecule has 15 rings (SSSR count). The number of benzene rings is 13. The van der Waals surface area contributed by atoms with Gasteiger partial charge < -0.3 is 0 Å². The van der Waals surface area contributed by atoms with Crippen molar-refractivity contribution in [2.75, 3.05) is 0 Å². The Morgan fingerprint density at radius 1 is 0.235 bits per heavy atom. The summed E-state index contributed by atoms with van der Waals surface area (Å²) >= 11 is 0. The SMILES string of the molecule is CC1(C)c2cc(-c3cccc4ccccc34)ccc2-c2c1ccc1c3c(ccc21)C(C)(C)c1cc(-c2cccc4ccccc24)ccc1-3.c1cc2cccc3c4cccc5cccc(c(c1)c23)c54. The van der Waals surface area contributed by atoms with Crippen molar-refractivity contribution in [3.8, 4) is 44.5 Å². The number of hydrogen-bond acceptors (Lipinski definition) is 0. The van der Waals surface area contributed by atoms with E-state index in [2.05, 4.69) is 246 Å². The Kier molecular flexibility index (Phi) is 8.19. The highest BCUT2D eigenvalue weighted by Gasteiger charge is 2.40. The standard InChI is InChI=1S/C48H36.C20H12/c1-47(2)41-25-23-38-37(45(41)39-21-19-31(27-43(39)47)35-17-9-13-29-11-5-7-15-33(29)35)24-26-42-46(38)40-22-20-32(28-44(40)48(42,3)4)36-18-10-14-30-12-6-8-16-34(30)36;1-5-13-6-2-11-17-18-12-4-8-14-7-3-10-16(20(14)18)15(9-1)19(13)17/h5-28H,1-4H3;1-12H. The lowest BCUT2D eigenvalue weighted by molar-refractivity contribution is 0.660. The zero-order valence-corrected chi connectivity index (χ0v) is 38.8. The van der Waals surface area contributed by atoms with Gasteiger partial charge in [-0.1, -0.05) is 234 Å². The van der Waals surface area contributed by atoms with Crippen LogP contribution in [0.4, 0.5) is 0 Å². The second kappa shape index (κ2) is 14.2. The molecule has 13 aromatic carbocycles. The molecule has 0 heteroatoms. The molecule has 68 heavy (non-hydrogen) atoms. The first-order valence-electron chi connectivity index (χ1n) is 24.2. The lowest BCUT2D eigenvalue weighted by atomic mass is 9.80. The van der Waals surface area contributed by atoms with Crippen LogP contribution >= 0.6 is 0 Å². The van der Waals surface area contributed by atoms with Gasteiger partial charge in [0.15, 0.2) is 0 Å². The molecule has 0 saturated heterocycles. The molecule has 2 aliphatic carbocycles. The van der Waals surface area contributed by atoms with Crippen LogP contribution in [-0.2, 0) is 10.8 Å². The molecule has 0 aliphatic heterocycles. The fourth-order valence-corrected chi connectivity index (χ4v) is 12.7. The van der Waals surface area contributed by atoms with Gasteiger partial charge in [0.25, 0.3) is 0 Å². The maximum absolute atomic E-state index is 2.46. The topological polar surface area (TPSA) is 0 Å². The smallest absolute Gasteiger partial charge is 0.0159 e. The molecule has 13 aromatic rings. The molecule has 0 radical (unpaired) electrons. The van der Waals surface area contributed by atoms with Crippen LogP contribution in [0.25, 0.3) is 120 Å². The van der Waals surface area contributed by atoms with Crippen LogP contribution in [0, 0.1) is 0 Å². The molecule has 0 heterocycles. The van der Waals surface area contributed by atoms with Crippen molar-refractivity contribution in [2.24, 2.45) is 0 Å². The van der Waals surface area contributed by atoms with Gasteiger partial charge in [-0.3, -0.25) is 0 Å². The Bertz CT molecular complexity index is 3890. The summed E-state index contributed by atoms with van der Waals surface area (Å²) in [5, 5.41) is 18.8. The molecule has 0 nitrogen and oxygen atoms in total. The van der Waals surface area contributed by atoms with E-state index >= 15 is 0 Å². The third-order valence-electron chi connectivity index (χ3n) is 16.1. The summed E-state index contributed by atoms with van der Waals surface area (Å²) in [7, 11) is 0. The third kappa shape index (κ3) is 5.43. The summed E-state index contributed by atoms with van der Waals surface area (Å²) in [4.78, 5) is 0. The lowest BCUT2D eigenvalue weighted by Gasteiger charge is -2.23. The minimum Gasteiger partial charge on any atom is -0.0616 e. The molecule has 0 unspecified atom stereocenters. The van der Waals surface area contributed by atoms with Crippen LogP contribution in [0.2, 0.25) is 0 Å². The normalized spacial score (nSPS) is 14.1. The molecular formula is C68H48. The van der Waals surface area contributed by atoms with E-state index in [1.165, 1.54) is 142 Å². The summed E-state index contributed by atoms with van der Waals surface area (Å²) in [6.45, 7) is 9.60. The van der Waals surface area contributed by atoms with Gasteiger partial charge >= 0.3 is 0 Å². The highest BCUT2D eigenvalue weighted by Crippen LogP contribution is 2.57. The first-order chi connectivity index (χ1) is 33.3. The Labute approximate surface area is 397 Å². The molecule has 0 N–H and O–H groups in total. The summed E-state index contributed by atoms with van der Waals surface area (Å²) in [5.41, 5.74) is 16.2. The van der Waals surface area contributed by atoms with E-state index in [4.69, 9.17) is 0 Å². The predicted octanol–water partition coefficient (Wildman–Crippen LogP) is 18.8. The van der Waals surface area contributed by atoms with Crippen molar-refractivity contribution in [1.29, 1.82) is 0 Å². The minimum absolute atomic E-state index is 0.0942. The molecule has 0 bridgehead atoms. The summed E-state index contributed by atoms with van der Waals surface area (Å²) in [6, 6.07) is 81.3. The fourth-order valence-electron chi connectivity index (χ4n) is 12.7. The molecule has 2 aliphatic rings. The van der Waals surface area contributed by atoms with Crippen LogP contribution in [0.15, 0.2) is 218 Å². The highest BCUT2D eigenvalue weighted by atomic mass is 14.4. The average molecular weight is 865 g/mol. The second-order valence-electron chi connectivity index (χ2n) is 20.3. The van der Waals surface area contributed by atoms with Gasteiger partial charge in [-0.15, -0.1) is 0 Å². The van der Waals surface area contributed by atoms with Crippen molar-refractivity contribution in [3.05, 3.63) is 241 Å². The van der Waals surface area contributed by atoms with Gasteiger partial charge in [0, 0.05) is 10.8 Å². The van der Waals surface area contributed by atoms with Gasteiger partial charge in [-0.05, 0) is 154 Å². The summed E-state index contributed by atoms with van der Waals surface area (Å²) in [5.74, 6) is 0. The van der Waals surface area contributed by atoms with Crippen molar-refractivity contribution in [2.45, 2.75) is 38.5 Å². The molecule has 0 atom stereocenters. The maximum atomic E-state index is 2.46. The van der Waals surface area contributed by atoms with E-state index in [-0.39, 0.29) is 10.8 Å². The van der Waals surface area contributed by atoms with Crippen molar-refractivity contribution in [1.82, 2.24) is 0 Å². The van der Waals surface area contributed by atoms with E-state index in [1.807, 2.05) is 0 Å². The zero-order valence-electron chi connectivity index (χ0n) is 38.8. The van der Waals surface area contributed by atoms with Crippen molar-refractivity contribution < 1.29 is 0 Å². The van der Waals surface area contributed by atoms with E-state index in [1.54, 1.807) is 0 Å². The number of hydrogen-bond donors (Lipinski definition) is 0. The van der Waals surface area contributed by atoms with E-state index in [9.17, 15) is 0 Å². The van der Waals surface area contributed by atoms with Gasteiger partial charge in [0.1, 0.15) is 0 Å². The highest BCUT2D eigenvalue weighted by molar-refractivity contribution is 6.32. The van der Waals surface area contributed by atoms with Crippen LogP contribution in [0.3, 0.4) is 0 Å². The monoisotopic (exact) mass is 864 g/mol. The lowest BCUT2D eigenvalue weighted by Crippen LogP contribution is -2.15. The average Bonchev–Trinajstić information content (AvgIpc) is 3.76. The van der Waals surface area contributed by atoms with Gasteiger partial charge in [-0.25, -0.2) is 0 Å². The first kappa shape index (κ1) is 39.1. The van der Waals surface area contributed by atoms with Gasteiger partial charge in [-0.2, -0.15) is 0 Å². The second-order valence-corrected chi connectivity index (χ2v) is 20.3. The quantitative estimate of drug-likeness (QED) is 0.120. The predicted molar refractivity (Wildman–Crippen MR) is 293 cm³/mol. The van der Waals surface area contributed by atoms with Crippen molar-refractivity contribution >= 4 is 75.4 Å². The molecule has 0 fully saturated rings. The third-order valence-corrected chi connectivity index (χ3v) is 16.1.